The highest BCUT2D eigenvalue weighted by Gasteiger charge is 2.32. The number of Topliss-reactive ketones (excluding diaryl/α,β-unsaturated/α-hetero) is 1. The number of unbranched alkanes of at least 4 members (excludes halogenated alkanes) is 1. The predicted molar refractivity (Wildman–Crippen MR) is 101 cm³/mol. The molecule has 2 aromatic rings. The molecule has 1 fully saturated rings. The second-order valence-corrected chi connectivity index (χ2v) is 7.48. The number of aromatic amines is 1. The molecule has 1 aliphatic heterocycles. The molecule has 152 valence electrons. The second-order valence-electron chi connectivity index (χ2n) is 7.48. The quantitative estimate of drug-likeness (QED) is 0.683. The van der Waals surface area contributed by atoms with E-state index in [1.807, 2.05) is 6.20 Å². The molecule has 1 aliphatic rings. The van der Waals surface area contributed by atoms with Crippen LogP contribution in [0.4, 0.5) is 13.2 Å². The van der Waals surface area contributed by atoms with Gasteiger partial charge in [-0.3, -0.25) is 9.69 Å². The van der Waals surface area contributed by atoms with Crippen molar-refractivity contribution >= 4 is 5.78 Å². The van der Waals surface area contributed by atoms with E-state index in [4.69, 9.17) is 0 Å². The Balaban J connectivity index is 1.63. The van der Waals surface area contributed by atoms with Crippen molar-refractivity contribution < 1.29 is 18.0 Å². The van der Waals surface area contributed by atoms with Crippen molar-refractivity contribution in [3.63, 3.8) is 0 Å². The van der Waals surface area contributed by atoms with E-state index in [0.29, 0.717) is 19.5 Å². The Bertz CT molecular complexity index is 800. The molecular formula is C21H26F3N3O. The van der Waals surface area contributed by atoms with Crippen molar-refractivity contribution in [2.75, 3.05) is 13.1 Å². The Hall–Kier alpha value is -2.15. The van der Waals surface area contributed by atoms with E-state index < -0.39 is 11.7 Å². The van der Waals surface area contributed by atoms with Crippen LogP contribution in [0.5, 0.6) is 0 Å². The zero-order valence-electron chi connectivity index (χ0n) is 16.1. The maximum Gasteiger partial charge on any atom is 0.416 e. The van der Waals surface area contributed by atoms with Crippen LogP contribution in [0.3, 0.4) is 0 Å². The summed E-state index contributed by atoms with van der Waals surface area (Å²) >= 11 is 0. The summed E-state index contributed by atoms with van der Waals surface area (Å²) in [7, 11) is 0. The molecule has 1 N–H and O–H groups in total. The summed E-state index contributed by atoms with van der Waals surface area (Å²) in [5.41, 5.74) is 0.381. The summed E-state index contributed by atoms with van der Waals surface area (Å²) in [6.45, 7) is 4.23. The maximum atomic E-state index is 12.9. The van der Waals surface area contributed by atoms with Crippen LogP contribution in [0.2, 0.25) is 0 Å². The van der Waals surface area contributed by atoms with Crippen molar-refractivity contribution in [1.82, 2.24) is 14.9 Å². The van der Waals surface area contributed by atoms with Crippen LogP contribution in [0.25, 0.3) is 0 Å². The first-order valence-electron chi connectivity index (χ1n) is 9.83. The van der Waals surface area contributed by atoms with Gasteiger partial charge in [0.25, 0.3) is 0 Å². The number of halogens is 3. The third kappa shape index (κ3) is 5.22. The van der Waals surface area contributed by atoms with Gasteiger partial charge in [-0.15, -0.1) is 0 Å². The molecule has 28 heavy (non-hydrogen) atoms. The highest BCUT2D eigenvalue weighted by Crippen LogP contribution is 2.31. The van der Waals surface area contributed by atoms with Crippen LogP contribution < -0.4 is 0 Å². The lowest BCUT2D eigenvalue weighted by Crippen LogP contribution is -2.38. The molecule has 0 bridgehead atoms. The van der Waals surface area contributed by atoms with Gasteiger partial charge < -0.3 is 4.98 Å². The molecule has 7 heteroatoms. The fourth-order valence-electron chi connectivity index (χ4n) is 3.70. The number of hydrogen-bond donors (Lipinski definition) is 1. The molecule has 4 nitrogen and oxygen atoms in total. The lowest BCUT2D eigenvalue weighted by Gasteiger charge is -2.31. The summed E-state index contributed by atoms with van der Waals surface area (Å²) < 4.78 is 38.8. The number of aromatic nitrogens is 2. The van der Waals surface area contributed by atoms with Gasteiger partial charge in [-0.25, -0.2) is 4.98 Å². The highest BCUT2D eigenvalue weighted by molar-refractivity contribution is 5.98. The maximum absolute atomic E-state index is 12.9. The van der Waals surface area contributed by atoms with Gasteiger partial charge in [0, 0.05) is 42.9 Å². The third-order valence-corrected chi connectivity index (χ3v) is 5.19. The number of piperidine rings is 1. The molecule has 0 spiro atoms. The van der Waals surface area contributed by atoms with Crippen molar-refractivity contribution in [3.05, 3.63) is 53.1 Å². The van der Waals surface area contributed by atoms with Gasteiger partial charge in [-0.1, -0.05) is 25.5 Å². The number of alkyl halides is 3. The van der Waals surface area contributed by atoms with E-state index in [1.165, 1.54) is 12.1 Å². The molecule has 0 aliphatic carbocycles. The largest absolute Gasteiger partial charge is 0.416 e. The average molecular weight is 393 g/mol. The second kappa shape index (κ2) is 8.90. The molecule has 1 unspecified atom stereocenters. The summed E-state index contributed by atoms with van der Waals surface area (Å²) in [6.07, 6.45) is 2.08. The average Bonchev–Trinajstić information content (AvgIpc) is 3.12. The zero-order chi connectivity index (χ0) is 20.1. The SMILES string of the molecule is CCCCc1ncc(CN2CCCC(C(=O)c3cccc(C(F)(F)F)c3)C2)[nH]1. The first kappa shape index (κ1) is 20.6. The van der Waals surface area contributed by atoms with Gasteiger partial charge in [0.2, 0.25) is 0 Å². The smallest absolute Gasteiger partial charge is 0.345 e. The molecular weight excluding hydrogens is 367 g/mol. The van der Waals surface area contributed by atoms with E-state index in [1.54, 1.807) is 0 Å². The summed E-state index contributed by atoms with van der Waals surface area (Å²) in [5.74, 6) is 0.495. The Morgan fingerprint density at radius 1 is 1.36 bits per heavy atom. The number of imidazole rings is 1. The number of hydrogen-bond acceptors (Lipinski definition) is 3. The molecule has 1 aromatic heterocycles. The number of carbonyl (C=O) groups is 1. The number of likely N-dealkylation sites (tertiary alicyclic amines) is 1. The fraction of sp³-hybridized carbons (Fsp3) is 0.524. The summed E-state index contributed by atoms with van der Waals surface area (Å²) in [6, 6.07) is 4.75. The zero-order valence-corrected chi connectivity index (χ0v) is 16.1. The molecule has 2 heterocycles. The van der Waals surface area contributed by atoms with E-state index in [9.17, 15) is 18.0 Å². The third-order valence-electron chi connectivity index (χ3n) is 5.19. The van der Waals surface area contributed by atoms with Crippen LogP contribution in [-0.2, 0) is 19.1 Å². The first-order valence-corrected chi connectivity index (χ1v) is 9.83. The molecule has 0 radical (unpaired) electrons. The first-order chi connectivity index (χ1) is 13.4. The van der Waals surface area contributed by atoms with E-state index in [0.717, 1.165) is 55.9 Å². The fourth-order valence-corrected chi connectivity index (χ4v) is 3.70. The molecule has 0 saturated carbocycles. The lowest BCUT2D eigenvalue weighted by molar-refractivity contribution is -0.137. The summed E-state index contributed by atoms with van der Waals surface area (Å²) in [5, 5.41) is 0. The number of benzene rings is 1. The number of carbonyl (C=O) groups excluding carboxylic acids is 1. The Morgan fingerprint density at radius 3 is 2.93 bits per heavy atom. The van der Waals surface area contributed by atoms with E-state index >= 15 is 0 Å². The Kier molecular flexibility index (Phi) is 6.54. The lowest BCUT2D eigenvalue weighted by atomic mass is 9.89. The minimum Gasteiger partial charge on any atom is -0.345 e. The monoisotopic (exact) mass is 393 g/mol. The number of nitrogens with one attached hydrogen (secondary N) is 1. The van der Waals surface area contributed by atoms with Gasteiger partial charge in [0.1, 0.15) is 5.82 Å². The van der Waals surface area contributed by atoms with Gasteiger partial charge in [0.15, 0.2) is 5.78 Å². The number of nitrogens with zero attached hydrogens (tertiary/aromatic N) is 2. The van der Waals surface area contributed by atoms with Crippen LogP contribution >= 0.6 is 0 Å². The standard InChI is InChI=1S/C21H26F3N3O/c1-2-3-9-19-25-12-18(26-19)14-27-10-5-7-16(13-27)20(28)15-6-4-8-17(11-15)21(22,23)24/h4,6,8,11-12,16H,2-3,5,7,9-10,13-14H2,1H3,(H,25,26). The van der Waals surface area contributed by atoms with Gasteiger partial charge >= 0.3 is 6.18 Å². The number of ketones is 1. The van der Waals surface area contributed by atoms with E-state index in [2.05, 4.69) is 21.8 Å². The van der Waals surface area contributed by atoms with Crippen molar-refractivity contribution in [2.45, 2.75) is 51.7 Å². The predicted octanol–water partition coefficient (Wildman–Crippen LogP) is 4.87. The minimum atomic E-state index is -4.44. The van der Waals surface area contributed by atoms with Gasteiger partial charge in [-0.05, 0) is 37.9 Å². The van der Waals surface area contributed by atoms with Gasteiger partial charge in [0.05, 0.1) is 5.56 Å². The molecule has 1 saturated heterocycles. The van der Waals surface area contributed by atoms with Crippen molar-refractivity contribution in [2.24, 2.45) is 5.92 Å². The van der Waals surface area contributed by atoms with Crippen molar-refractivity contribution in [3.8, 4) is 0 Å². The molecule has 3 rings (SSSR count). The highest BCUT2D eigenvalue weighted by atomic mass is 19.4. The number of H-pyrrole nitrogens is 1. The minimum absolute atomic E-state index is 0.144. The molecule has 1 atom stereocenters. The Labute approximate surface area is 163 Å². The summed E-state index contributed by atoms with van der Waals surface area (Å²) in [4.78, 5) is 22.7. The number of aryl methyl sites for hydroxylation is 1. The van der Waals surface area contributed by atoms with Crippen LogP contribution in [0, 0.1) is 5.92 Å². The van der Waals surface area contributed by atoms with Crippen molar-refractivity contribution in [1.29, 1.82) is 0 Å². The normalized spacial score (nSPS) is 18.4. The molecule has 1 aromatic carbocycles. The Morgan fingerprint density at radius 2 is 2.18 bits per heavy atom. The van der Waals surface area contributed by atoms with Crippen LogP contribution in [0.15, 0.2) is 30.5 Å². The van der Waals surface area contributed by atoms with Crippen LogP contribution in [0.1, 0.15) is 60.0 Å². The van der Waals surface area contributed by atoms with Gasteiger partial charge in [-0.2, -0.15) is 13.2 Å². The van der Waals surface area contributed by atoms with Crippen LogP contribution in [-0.4, -0.2) is 33.7 Å². The topological polar surface area (TPSA) is 49.0 Å². The van der Waals surface area contributed by atoms with E-state index in [-0.39, 0.29) is 17.3 Å². The number of rotatable bonds is 7. The molecule has 0 amide bonds.